The van der Waals surface area contributed by atoms with Gasteiger partial charge in [0.15, 0.2) is 0 Å². The van der Waals surface area contributed by atoms with Crippen molar-refractivity contribution in [3.8, 4) is 5.75 Å². The highest BCUT2D eigenvalue weighted by atomic mass is 16.5. The molecule has 0 bridgehead atoms. The van der Waals surface area contributed by atoms with Crippen molar-refractivity contribution in [3.05, 3.63) is 23.8 Å². The summed E-state index contributed by atoms with van der Waals surface area (Å²) in [5, 5.41) is 9.59. The van der Waals surface area contributed by atoms with Crippen LogP contribution in [0.1, 0.15) is 53.0 Å². The van der Waals surface area contributed by atoms with Crippen LogP contribution >= 0.6 is 0 Å². The molecule has 1 aliphatic rings. The van der Waals surface area contributed by atoms with Gasteiger partial charge in [0, 0.05) is 0 Å². The molecule has 4 heteroatoms. The molecular formula is C17H25NO3. The molecule has 0 aliphatic carbocycles. The lowest BCUT2D eigenvalue weighted by molar-refractivity contribution is -0.142. The van der Waals surface area contributed by atoms with Gasteiger partial charge in [0.05, 0.1) is 12.2 Å². The molecule has 0 amide bonds. The zero-order valence-electron chi connectivity index (χ0n) is 13.7. The molecule has 0 aromatic heterocycles. The molecule has 1 aliphatic heterocycles. The molecular weight excluding hydrogens is 266 g/mol. The van der Waals surface area contributed by atoms with Gasteiger partial charge in [-0.2, -0.15) is 0 Å². The van der Waals surface area contributed by atoms with Crippen LogP contribution in [0.3, 0.4) is 0 Å². The normalized spacial score (nSPS) is 17.4. The standard InChI is InChI=1S/C17H25NO3/c1-11(2)12-7-8-14-13(9-12)18(10-16(3,4)21-14)17(5,6)15(19)20/h7-9,11H,10H2,1-6H3,(H,19,20). The first-order valence-corrected chi connectivity index (χ1v) is 7.38. The second kappa shape index (κ2) is 4.93. The number of hydrogen-bond donors (Lipinski definition) is 1. The Balaban J connectivity index is 2.57. The lowest BCUT2D eigenvalue weighted by Crippen LogP contribution is -2.58. The van der Waals surface area contributed by atoms with Crippen molar-refractivity contribution in [2.45, 2.75) is 58.6 Å². The summed E-state index contributed by atoms with van der Waals surface area (Å²) in [5.74, 6) is 0.311. The number of benzene rings is 1. The molecule has 1 heterocycles. The maximum Gasteiger partial charge on any atom is 0.328 e. The molecule has 0 unspecified atom stereocenters. The van der Waals surface area contributed by atoms with E-state index >= 15 is 0 Å². The van der Waals surface area contributed by atoms with E-state index in [-0.39, 0.29) is 0 Å². The minimum Gasteiger partial charge on any atom is -0.484 e. The summed E-state index contributed by atoms with van der Waals surface area (Å²) in [6.45, 7) is 12.2. The van der Waals surface area contributed by atoms with E-state index in [1.165, 1.54) is 5.56 Å². The number of ether oxygens (including phenoxy) is 1. The Labute approximate surface area is 126 Å². The minimum atomic E-state index is -0.981. The molecule has 0 spiro atoms. The smallest absolute Gasteiger partial charge is 0.328 e. The highest BCUT2D eigenvalue weighted by Crippen LogP contribution is 2.42. The molecule has 0 saturated heterocycles. The van der Waals surface area contributed by atoms with Crippen LogP contribution in [0.5, 0.6) is 5.75 Å². The number of aliphatic carboxylic acids is 1. The molecule has 1 N–H and O–H groups in total. The maximum absolute atomic E-state index is 11.7. The Hall–Kier alpha value is -1.71. The third-order valence-corrected chi connectivity index (χ3v) is 4.06. The number of anilines is 1. The Kier molecular flexibility index (Phi) is 3.68. The molecule has 2 rings (SSSR count). The zero-order valence-corrected chi connectivity index (χ0v) is 13.7. The fourth-order valence-corrected chi connectivity index (χ4v) is 2.60. The molecule has 0 radical (unpaired) electrons. The first-order valence-electron chi connectivity index (χ1n) is 7.38. The lowest BCUT2D eigenvalue weighted by Gasteiger charge is -2.46. The van der Waals surface area contributed by atoms with Gasteiger partial charge in [0.2, 0.25) is 0 Å². The summed E-state index contributed by atoms with van der Waals surface area (Å²) in [6.07, 6.45) is 0. The summed E-state index contributed by atoms with van der Waals surface area (Å²) < 4.78 is 6.02. The number of rotatable bonds is 3. The Bertz CT molecular complexity index is 561. The second-order valence-electron chi connectivity index (χ2n) is 7.19. The predicted octanol–water partition coefficient (Wildman–Crippen LogP) is 3.65. The van der Waals surface area contributed by atoms with Gasteiger partial charge >= 0.3 is 5.97 Å². The Morgan fingerprint density at radius 3 is 2.52 bits per heavy atom. The largest absolute Gasteiger partial charge is 0.484 e. The quantitative estimate of drug-likeness (QED) is 0.923. The van der Waals surface area contributed by atoms with Crippen molar-refractivity contribution in [1.29, 1.82) is 0 Å². The van der Waals surface area contributed by atoms with Crippen LogP contribution in [0.2, 0.25) is 0 Å². The highest BCUT2D eigenvalue weighted by molar-refractivity contribution is 5.84. The van der Waals surface area contributed by atoms with E-state index in [2.05, 4.69) is 26.0 Å². The fourth-order valence-electron chi connectivity index (χ4n) is 2.60. The summed E-state index contributed by atoms with van der Waals surface area (Å²) in [5.41, 5.74) is 0.654. The fraction of sp³-hybridized carbons (Fsp3) is 0.588. The predicted molar refractivity (Wildman–Crippen MR) is 84.3 cm³/mol. The van der Waals surface area contributed by atoms with Crippen molar-refractivity contribution < 1.29 is 14.6 Å². The minimum absolute atomic E-state index is 0.389. The Morgan fingerprint density at radius 1 is 1.38 bits per heavy atom. The number of hydrogen-bond acceptors (Lipinski definition) is 3. The molecule has 0 saturated carbocycles. The van der Waals surface area contributed by atoms with Crippen LogP contribution in [-0.4, -0.2) is 28.8 Å². The van der Waals surface area contributed by atoms with E-state index in [0.29, 0.717) is 12.5 Å². The summed E-state index contributed by atoms with van der Waals surface area (Å²) >= 11 is 0. The first kappa shape index (κ1) is 15.7. The monoisotopic (exact) mass is 291 g/mol. The molecule has 0 fully saturated rings. The summed E-state index contributed by atoms with van der Waals surface area (Å²) in [6, 6.07) is 6.06. The van der Waals surface area contributed by atoms with Gasteiger partial charge in [0.1, 0.15) is 16.9 Å². The molecule has 1 aromatic carbocycles. The molecule has 1 aromatic rings. The van der Waals surface area contributed by atoms with Gasteiger partial charge in [0.25, 0.3) is 0 Å². The van der Waals surface area contributed by atoms with Crippen LogP contribution in [-0.2, 0) is 4.79 Å². The van der Waals surface area contributed by atoms with Crippen molar-refractivity contribution >= 4 is 11.7 Å². The molecule has 116 valence electrons. The van der Waals surface area contributed by atoms with E-state index in [9.17, 15) is 9.90 Å². The van der Waals surface area contributed by atoms with Crippen molar-refractivity contribution in [3.63, 3.8) is 0 Å². The average molecular weight is 291 g/mol. The van der Waals surface area contributed by atoms with E-state index in [4.69, 9.17) is 4.74 Å². The van der Waals surface area contributed by atoms with Crippen LogP contribution in [0, 0.1) is 0 Å². The van der Waals surface area contributed by atoms with Gasteiger partial charge in [-0.3, -0.25) is 0 Å². The van der Waals surface area contributed by atoms with E-state index < -0.39 is 17.1 Å². The number of carbonyl (C=O) groups is 1. The topological polar surface area (TPSA) is 49.8 Å². The van der Waals surface area contributed by atoms with Gasteiger partial charge in [-0.15, -0.1) is 0 Å². The third kappa shape index (κ3) is 2.85. The number of fused-ring (bicyclic) bond motifs is 1. The second-order valence-corrected chi connectivity index (χ2v) is 7.19. The van der Waals surface area contributed by atoms with Gasteiger partial charge < -0.3 is 14.7 Å². The third-order valence-electron chi connectivity index (χ3n) is 4.06. The highest BCUT2D eigenvalue weighted by Gasteiger charge is 2.42. The number of carboxylic acids is 1. The summed E-state index contributed by atoms with van der Waals surface area (Å²) in [7, 11) is 0. The first-order chi connectivity index (χ1) is 9.54. The van der Waals surface area contributed by atoms with Crippen LogP contribution in [0.25, 0.3) is 0 Å². The van der Waals surface area contributed by atoms with Crippen molar-refractivity contribution in [2.75, 3.05) is 11.4 Å². The number of carboxylic acid groups (broad SMARTS) is 1. The van der Waals surface area contributed by atoms with E-state index in [1.54, 1.807) is 13.8 Å². The van der Waals surface area contributed by atoms with Gasteiger partial charge in [-0.05, 0) is 51.3 Å². The van der Waals surface area contributed by atoms with Crippen LogP contribution < -0.4 is 9.64 Å². The number of nitrogens with zero attached hydrogens (tertiary/aromatic N) is 1. The summed E-state index contributed by atoms with van der Waals surface area (Å²) in [4.78, 5) is 13.6. The van der Waals surface area contributed by atoms with E-state index in [1.807, 2.05) is 24.8 Å². The molecule has 0 atom stereocenters. The van der Waals surface area contributed by atoms with Crippen molar-refractivity contribution in [1.82, 2.24) is 0 Å². The van der Waals surface area contributed by atoms with Gasteiger partial charge in [-0.1, -0.05) is 19.9 Å². The molecule has 4 nitrogen and oxygen atoms in total. The van der Waals surface area contributed by atoms with Crippen LogP contribution in [0.4, 0.5) is 5.69 Å². The molecule has 21 heavy (non-hydrogen) atoms. The lowest BCUT2D eigenvalue weighted by atomic mass is 9.94. The SMILES string of the molecule is CC(C)c1ccc2c(c1)N(C(C)(C)C(=O)O)CC(C)(C)O2. The van der Waals surface area contributed by atoms with E-state index in [0.717, 1.165) is 11.4 Å². The Morgan fingerprint density at radius 2 is 2.00 bits per heavy atom. The van der Waals surface area contributed by atoms with Crippen molar-refractivity contribution in [2.24, 2.45) is 0 Å². The maximum atomic E-state index is 11.7. The van der Waals surface area contributed by atoms with Crippen LogP contribution in [0.15, 0.2) is 18.2 Å². The average Bonchev–Trinajstić information content (AvgIpc) is 2.35. The zero-order chi connectivity index (χ0) is 16.0. The van der Waals surface area contributed by atoms with Gasteiger partial charge in [-0.25, -0.2) is 4.79 Å².